The van der Waals surface area contributed by atoms with E-state index < -0.39 is 6.03 Å². The van der Waals surface area contributed by atoms with E-state index in [4.69, 9.17) is 4.74 Å². The molecule has 0 saturated carbocycles. The van der Waals surface area contributed by atoms with Crippen LogP contribution in [0.5, 0.6) is 5.75 Å². The molecule has 3 amide bonds. The fraction of sp³-hybridized carbons (Fsp3) is 0.0833. The lowest BCUT2D eigenvalue weighted by molar-refractivity contribution is -0.123. The number of urea groups is 1. The topological polar surface area (TPSA) is 58.6 Å². The van der Waals surface area contributed by atoms with Crippen molar-refractivity contribution in [2.45, 2.75) is 13.2 Å². The van der Waals surface area contributed by atoms with Crippen molar-refractivity contribution in [3.8, 4) is 5.75 Å². The molecule has 0 atom stereocenters. The van der Waals surface area contributed by atoms with Gasteiger partial charge in [-0.1, -0.05) is 52.3 Å². The van der Waals surface area contributed by atoms with Gasteiger partial charge in [0.1, 0.15) is 23.9 Å². The second-order valence-corrected chi connectivity index (χ2v) is 7.91. The average Bonchev–Trinajstić information content (AvgIpc) is 3.02. The van der Waals surface area contributed by atoms with Gasteiger partial charge in [0.25, 0.3) is 5.91 Å². The SMILES string of the molecule is O=C1NC(=Cc2cccc(OCc3ccc(F)cc3)c2)C(=O)N1Cc1ccc(Br)cc1. The molecule has 0 aliphatic carbocycles. The Labute approximate surface area is 187 Å². The first kappa shape index (κ1) is 20.8. The Hall–Kier alpha value is -3.45. The summed E-state index contributed by atoms with van der Waals surface area (Å²) in [6.45, 7) is 0.479. The molecule has 156 valence electrons. The van der Waals surface area contributed by atoms with E-state index in [1.54, 1.807) is 36.4 Å². The van der Waals surface area contributed by atoms with Gasteiger partial charge >= 0.3 is 6.03 Å². The van der Waals surface area contributed by atoms with E-state index in [-0.39, 0.29) is 30.6 Å². The van der Waals surface area contributed by atoms with Crippen molar-refractivity contribution in [3.63, 3.8) is 0 Å². The Bertz CT molecular complexity index is 1140. The maximum absolute atomic E-state index is 13.0. The third-order valence-corrected chi connectivity index (χ3v) is 5.23. The number of ether oxygens (including phenoxy) is 1. The molecule has 3 aromatic carbocycles. The molecule has 1 aliphatic heterocycles. The summed E-state index contributed by atoms with van der Waals surface area (Å²) in [6.07, 6.45) is 1.62. The summed E-state index contributed by atoms with van der Waals surface area (Å²) in [4.78, 5) is 26.2. The highest BCUT2D eigenvalue weighted by Crippen LogP contribution is 2.21. The zero-order valence-corrected chi connectivity index (χ0v) is 17.9. The third-order valence-electron chi connectivity index (χ3n) is 4.70. The molecule has 1 saturated heterocycles. The summed E-state index contributed by atoms with van der Waals surface area (Å²) in [5.74, 6) is -0.0810. The van der Waals surface area contributed by atoms with Gasteiger partial charge in [-0.25, -0.2) is 9.18 Å². The molecule has 0 unspecified atom stereocenters. The van der Waals surface area contributed by atoms with Crippen molar-refractivity contribution in [1.82, 2.24) is 10.2 Å². The van der Waals surface area contributed by atoms with Gasteiger partial charge in [-0.2, -0.15) is 0 Å². The normalized spacial score (nSPS) is 14.8. The Morgan fingerprint density at radius 2 is 1.68 bits per heavy atom. The van der Waals surface area contributed by atoms with Crippen molar-refractivity contribution in [3.05, 3.63) is 105 Å². The molecule has 1 aliphatic rings. The van der Waals surface area contributed by atoms with Gasteiger partial charge in [0.15, 0.2) is 0 Å². The third kappa shape index (κ3) is 5.19. The van der Waals surface area contributed by atoms with Crippen LogP contribution in [0.2, 0.25) is 0 Å². The van der Waals surface area contributed by atoms with Crippen LogP contribution in [0.4, 0.5) is 9.18 Å². The van der Waals surface area contributed by atoms with Crippen LogP contribution in [0, 0.1) is 5.82 Å². The predicted octanol–water partition coefficient (Wildman–Crippen LogP) is 5.26. The van der Waals surface area contributed by atoms with E-state index in [2.05, 4.69) is 21.2 Å². The lowest BCUT2D eigenvalue weighted by Crippen LogP contribution is -2.30. The van der Waals surface area contributed by atoms with Crippen LogP contribution in [0.3, 0.4) is 0 Å². The standard InChI is InChI=1S/C24H18BrFN2O3/c25-19-8-4-16(5-9-19)14-28-23(29)22(27-24(28)30)13-18-2-1-3-21(12-18)31-15-17-6-10-20(26)11-7-17/h1-13H,14-15H2,(H,27,30). The van der Waals surface area contributed by atoms with Crippen molar-refractivity contribution in [1.29, 1.82) is 0 Å². The highest BCUT2D eigenvalue weighted by atomic mass is 79.9. The quantitative estimate of drug-likeness (QED) is 0.386. The molecule has 0 bridgehead atoms. The number of carbonyl (C=O) groups is 2. The fourth-order valence-electron chi connectivity index (χ4n) is 3.10. The molecule has 1 heterocycles. The number of hydrogen-bond acceptors (Lipinski definition) is 3. The molecule has 1 N–H and O–H groups in total. The number of amides is 3. The summed E-state index contributed by atoms with van der Waals surface area (Å²) < 4.78 is 19.7. The Morgan fingerprint density at radius 3 is 2.42 bits per heavy atom. The van der Waals surface area contributed by atoms with Crippen LogP contribution >= 0.6 is 15.9 Å². The molecule has 4 rings (SSSR count). The van der Waals surface area contributed by atoms with Gasteiger partial charge in [-0.3, -0.25) is 9.69 Å². The summed E-state index contributed by atoms with van der Waals surface area (Å²) in [5.41, 5.74) is 2.61. The van der Waals surface area contributed by atoms with Gasteiger partial charge in [0.05, 0.1) is 6.54 Å². The minimum Gasteiger partial charge on any atom is -0.489 e. The fourth-order valence-corrected chi connectivity index (χ4v) is 3.36. The van der Waals surface area contributed by atoms with Crippen molar-refractivity contribution < 1.29 is 18.7 Å². The van der Waals surface area contributed by atoms with Gasteiger partial charge in [-0.15, -0.1) is 0 Å². The van der Waals surface area contributed by atoms with Crippen molar-refractivity contribution >= 4 is 33.9 Å². The van der Waals surface area contributed by atoms with Gasteiger partial charge < -0.3 is 10.1 Å². The molecule has 3 aromatic rings. The van der Waals surface area contributed by atoms with Crippen LogP contribution in [0.1, 0.15) is 16.7 Å². The number of nitrogens with zero attached hydrogens (tertiary/aromatic N) is 1. The van der Waals surface area contributed by atoms with Crippen LogP contribution in [-0.2, 0) is 17.9 Å². The highest BCUT2D eigenvalue weighted by Gasteiger charge is 2.33. The van der Waals surface area contributed by atoms with Crippen LogP contribution < -0.4 is 10.1 Å². The predicted molar refractivity (Wildman–Crippen MR) is 118 cm³/mol. The number of carbonyl (C=O) groups excluding carboxylic acids is 2. The summed E-state index contributed by atoms with van der Waals surface area (Å²) in [5, 5.41) is 2.63. The molecule has 0 aromatic heterocycles. The monoisotopic (exact) mass is 480 g/mol. The van der Waals surface area contributed by atoms with Crippen LogP contribution in [0.25, 0.3) is 6.08 Å². The van der Waals surface area contributed by atoms with E-state index in [0.29, 0.717) is 11.3 Å². The number of nitrogens with one attached hydrogen (secondary N) is 1. The number of rotatable bonds is 6. The van der Waals surface area contributed by atoms with Gasteiger partial charge in [0, 0.05) is 4.47 Å². The molecule has 0 radical (unpaired) electrons. The van der Waals surface area contributed by atoms with Crippen molar-refractivity contribution in [2.75, 3.05) is 0 Å². The smallest absolute Gasteiger partial charge is 0.329 e. The summed E-state index contributed by atoms with van der Waals surface area (Å²) >= 11 is 3.37. The number of imide groups is 1. The van der Waals surface area contributed by atoms with E-state index >= 15 is 0 Å². The van der Waals surface area contributed by atoms with Gasteiger partial charge in [-0.05, 0) is 59.2 Å². The second kappa shape index (κ2) is 9.14. The Morgan fingerprint density at radius 1 is 0.968 bits per heavy atom. The molecule has 0 spiro atoms. The number of halogens is 2. The largest absolute Gasteiger partial charge is 0.489 e. The molecular weight excluding hydrogens is 463 g/mol. The first-order chi connectivity index (χ1) is 15.0. The van der Waals surface area contributed by atoms with E-state index in [9.17, 15) is 14.0 Å². The number of hydrogen-bond donors (Lipinski definition) is 1. The Balaban J connectivity index is 1.44. The van der Waals surface area contributed by atoms with E-state index in [1.807, 2.05) is 30.3 Å². The first-order valence-electron chi connectivity index (χ1n) is 9.54. The number of benzene rings is 3. The maximum Gasteiger partial charge on any atom is 0.329 e. The summed E-state index contributed by atoms with van der Waals surface area (Å²) in [7, 11) is 0. The maximum atomic E-state index is 13.0. The lowest BCUT2D eigenvalue weighted by atomic mass is 10.1. The second-order valence-electron chi connectivity index (χ2n) is 6.99. The van der Waals surface area contributed by atoms with Crippen molar-refractivity contribution in [2.24, 2.45) is 0 Å². The summed E-state index contributed by atoms with van der Waals surface area (Å²) in [6, 6.07) is 20.2. The van der Waals surface area contributed by atoms with E-state index in [1.165, 1.54) is 17.0 Å². The molecule has 31 heavy (non-hydrogen) atoms. The molecule has 5 nitrogen and oxygen atoms in total. The lowest BCUT2D eigenvalue weighted by Gasteiger charge is -2.11. The zero-order chi connectivity index (χ0) is 21.8. The first-order valence-corrected chi connectivity index (χ1v) is 10.3. The minimum atomic E-state index is -0.456. The van der Waals surface area contributed by atoms with Crippen LogP contribution in [-0.4, -0.2) is 16.8 Å². The highest BCUT2D eigenvalue weighted by molar-refractivity contribution is 9.10. The van der Waals surface area contributed by atoms with Gasteiger partial charge in [0.2, 0.25) is 0 Å². The minimum absolute atomic E-state index is 0.191. The molecule has 1 fully saturated rings. The molecular formula is C24H18BrFN2O3. The van der Waals surface area contributed by atoms with Crippen LogP contribution in [0.15, 0.2) is 83.0 Å². The molecule has 7 heteroatoms. The average molecular weight is 481 g/mol. The zero-order valence-electron chi connectivity index (χ0n) is 16.3. The Kier molecular flexibility index (Phi) is 6.13. The van der Waals surface area contributed by atoms with E-state index in [0.717, 1.165) is 15.6 Å².